The first-order chi connectivity index (χ1) is 8.97. The molecule has 4 nitrogen and oxygen atoms in total. The first kappa shape index (κ1) is 17.0. The number of rotatable bonds is 1. The minimum Gasteiger partial charge on any atom is -0.378 e. The summed E-state index contributed by atoms with van der Waals surface area (Å²) in [6.45, 7) is 2.26. The Morgan fingerprint density at radius 1 is 1.25 bits per heavy atom. The molecule has 0 bridgehead atoms. The molecule has 2 N–H and O–H groups in total. The molecule has 1 heterocycles. The van der Waals surface area contributed by atoms with Crippen LogP contribution in [0.4, 0.5) is 18.9 Å². The molecule has 0 radical (unpaired) electrons. The quantitative estimate of drug-likeness (QED) is 0.447. The van der Waals surface area contributed by atoms with E-state index < -0.39 is 11.7 Å². The van der Waals surface area contributed by atoms with Crippen LogP contribution in [0.3, 0.4) is 0 Å². The lowest BCUT2D eigenvalue weighted by molar-refractivity contribution is -0.137. The van der Waals surface area contributed by atoms with Crippen molar-refractivity contribution in [3.8, 4) is 0 Å². The number of nitrogens with zero attached hydrogens (tertiary/aromatic N) is 2. The van der Waals surface area contributed by atoms with Crippen LogP contribution in [0.2, 0.25) is 0 Å². The second kappa shape index (κ2) is 7.11. The van der Waals surface area contributed by atoms with Crippen LogP contribution < -0.4 is 5.73 Å². The molecule has 0 spiro atoms. The largest absolute Gasteiger partial charge is 0.416 e. The molecule has 8 heteroatoms. The SMILES string of the molecule is I.NC(=Nc1cccc(C(F)(F)F)c1)N1CCOCC1. The van der Waals surface area contributed by atoms with E-state index in [-0.39, 0.29) is 35.6 Å². The van der Waals surface area contributed by atoms with Crippen molar-refractivity contribution in [1.29, 1.82) is 0 Å². The van der Waals surface area contributed by atoms with E-state index in [1.54, 1.807) is 4.90 Å². The lowest BCUT2D eigenvalue weighted by atomic mass is 10.2. The summed E-state index contributed by atoms with van der Waals surface area (Å²) in [6.07, 6.45) is -4.38. The molecule has 1 saturated heterocycles. The molecule has 0 atom stereocenters. The first-order valence-electron chi connectivity index (χ1n) is 5.81. The molecule has 0 amide bonds. The summed E-state index contributed by atoms with van der Waals surface area (Å²) in [5.41, 5.74) is 5.24. The molecule has 1 aliphatic heterocycles. The van der Waals surface area contributed by atoms with Gasteiger partial charge < -0.3 is 15.4 Å². The average Bonchev–Trinajstić information content (AvgIpc) is 2.39. The van der Waals surface area contributed by atoms with Gasteiger partial charge in [-0.2, -0.15) is 13.2 Å². The fourth-order valence-corrected chi connectivity index (χ4v) is 1.75. The lowest BCUT2D eigenvalue weighted by Gasteiger charge is -2.27. The van der Waals surface area contributed by atoms with Gasteiger partial charge in [-0.15, -0.1) is 24.0 Å². The summed E-state index contributed by atoms with van der Waals surface area (Å²) in [5, 5.41) is 0. The minimum atomic E-state index is -4.38. The molecule has 0 aliphatic carbocycles. The number of alkyl halides is 3. The predicted octanol–water partition coefficient (Wildman–Crippen LogP) is 2.60. The van der Waals surface area contributed by atoms with Crippen LogP contribution in [0, 0.1) is 0 Å². The monoisotopic (exact) mass is 401 g/mol. The summed E-state index contributed by atoms with van der Waals surface area (Å²) in [7, 11) is 0. The van der Waals surface area contributed by atoms with Crippen LogP contribution in [0.15, 0.2) is 29.3 Å². The molecule has 0 unspecified atom stereocenters. The van der Waals surface area contributed by atoms with E-state index in [0.717, 1.165) is 12.1 Å². The maximum absolute atomic E-state index is 12.6. The lowest BCUT2D eigenvalue weighted by Crippen LogP contribution is -2.44. The van der Waals surface area contributed by atoms with Gasteiger partial charge in [0.15, 0.2) is 5.96 Å². The zero-order valence-electron chi connectivity index (χ0n) is 10.6. The molecule has 1 aromatic rings. The molecule has 1 aliphatic rings. The number of halogens is 4. The van der Waals surface area contributed by atoms with Gasteiger partial charge in [0, 0.05) is 13.1 Å². The molecular weight excluding hydrogens is 386 g/mol. The Morgan fingerprint density at radius 2 is 1.90 bits per heavy atom. The summed E-state index contributed by atoms with van der Waals surface area (Å²) in [6, 6.07) is 4.79. The zero-order valence-corrected chi connectivity index (χ0v) is 12.9. The summed E-state index contributed by atoms with van der Waals surface area (Å²) in [5.74, 6) is 0.211. The van der Waals surface area contributed by atoms with Gasteiger partial charge in [0.2, 0.25) is 0 Å². The van der Waals surface area contributed by atoms with E-state index in [4.69, 9.17) is 10.5 Å². The van der Waals surface area contributed by atoms with Gasteiger partial charge in [-0.3, -0.25) is 0 Å². The van der Waals surface area contributed by atoms with Gasteiger partial charge >= 0.3 is 6.18 Å². The van der Waals surface area contributed by atoms with Crippen LogP contribution in [-0.4, -0.2) is 37.2 Å². The van der Waals surface area contributed by atoms with E-state index in [1.807, 2.05) is 0 Å². The predicted molar refractivity (Wildman–Crippen MR) is 80.5 cm³/mol. The van der Waals surface area contributed by atoms with Crippen LogP contribution in [0.1, 0.15) is 5.56 Å². The Labute approximate surface area is 131 Å². The van der Waals surface area contributed by atoms with Crippen molar-refractivity contribution < 1.29 is 17.9 Å². The van der Waals surface area contributed by atoms with Gasteiger partial charge in [-0.1, -0.05) is 6.07 Å². The topological polar surface area (TPSA) is 50.8 Å². The van der Waals surface area contributed by atoms with E-state index in [0.29, 0.717) is 26.3 Å². The smallest absolute Gasteiger partial charge is 0.378 e. The molecule has 112 valence electrons. The van der Waals surface area contributed by atoms with Gasteiger partial charge in [-0.25, -0.2) is 4.99 Å². The Hall–Kier alpha value is -1.03. The number of hydrogen-bond donors (Lipinski definition) is 1. The van der Waals surface area contributed by atoms with E-state index >= 15 is 0 Å². The third-order valence-electron chi connectivity index (χ3n) is 2.75. The van der Waals surface area contributed by atoms with Crippen LogP contribution in [0.25, 0.3) is 0 Å². The van der Waals surface area contributed by atoms with E-state index in [1.165, 1.54) is 12.1 Å². The second-order valence-electron chi connectivity index (χ2n) is 4.12. The second-order valence-corrected chi connectivity index (χ2v) is 4.12. The maximum Gasteiger partial charge on any atom is 0.416 e. The van der Waals surface area contributed by atoms with Crippen molar-refractivity contribution in [3.05, 3.63) is 29.8 Å². The minimum absolute atomic E-state index is 0. The third kappa shape index (κ3) is 4.51. The van der Waals surface area contributed by atoms with E-state index in [9.17, 15) is 13.2 Å². The molecule has 20 heavy (non-hydrogen) atoms. The Morgan fingerprint density at radius 3 is 2.50 bits per heavy atom. The molecular formula is C12H15F3IN3O. The van der Waals surface area contributed by atoms with E-state index in [2.05, 4.69) is 4.99 Å². The van der Waals surface area contributed by atoms with Crippen LogP contribution >= 0.6 is 24.0 Å². The number of aliphatic imine (C=N–C) groups is 1. The summed E-state index contributed by atoms with van der Waals surface area (Å²) >= 11 is 0. The van der Waals surface area contributed by atoms with Crippen molar-refractivity contribution in [2.75, 3.05) is 26.3 Å². The average molecular weight is 401 g/mol. The van der Waals surface area contributed by atoms with Gasteiger partial charge in [0.05, 0.1) is 24.5 Å². The van der Waals surface area contributed by atoms with Crippen molar-refractivity contribution in [2.45, 2.75) is 6.18 Å². The van der Waals surface area contributed by atoms with Crippen molar-refractivity contribution >= 4 is 35.6 Å². The number of morpholine rings is 1. The highest BCUT2D eigenvalue weighted by Gasteiger charge is 2.30. The molecule has 1 aromatic carbocycles. The highest BCUT2D eigenvalue weighted by molar-refractivity contribution is 14.0. The number of ether oxygens (including phenoxy) is 1. The zero-order chi connectivity index (χ0) is 13.9. The number of benzene rings is 1. The summed E-state index contributed by atoms with van der Waals surface area (Å²) in [4.78, 5) is 5.80. The molecule has 0 aromatic heterocycles. The fourth-order valence-electron chi connectivity index (χ4n) is 1.75. The Bertz CT molecular complexity index is 473. The number of guanidine groups is 1. The molecule has 0 saturated carbocycles. The fraction of sp³-hybridized carbons (Fsp3) is 0.417. The van der Waals surface area contributed by atoms with Gasteiger partial charge in [0.1, 0.15) is 0 Å². The normalized spacial score (nSPS) is 16.8. The molecule has 1 fully saturated rings. The summed E-state index contributed by atoms with van der Waals surface area (Å²) < 4.78 is 42.8. The van der Waals surface area contributed by atoms with Crippen molar-refractivity contribution in [2.24, 2.45) is 10.7 Å². The van der Waals surface area contributed by atoms with Crippen LogP contribution in [-0.2, 0) is 10.9 Å². The Balaban J connectivity index is 0.00000200. The van der Waals surface area contributed by atoms with Gasteiger partial charge in [0.25, 0.3) is 0 Å². The molecule has 2 rings (SSSR count). The van der Waals surface area contributed by atoms with Crippen molar-refractivity contribution in [3.63, 3.8) is 0 Å². The number of nitrogens with two attached hydrogens (primary N) is 1. The van der Waals surface area contributed by atoms with Crippen LogP contribution in [0.5, 0.6) is 0 Å². The van der Waals surface area contributed by atoms with Crippen molar-refractivity contribution in [1.82, 2.24) is 4.90 Å². The first-order valence-corrected chi connectivity index (χ1v) is 5.81. The maximum atomic E-state index is 12.6. The Kier molecular flexibility index (Phi) is 6.06. The highest BCUT2D eigenvalue weighted by Crippen LogP contribution is 2.31. The standard InChI is InChI=1S/C12H14F3N3O.HI/c13-12(14,15)9-2-1-3-10(8-9)17-11(16)18-4-6-19-7-5-18;/h1-3,8H,4-7H2,(H2,16,17);1H. The highest BCUT2D eigenvalue weighted by atomic mass is 127. The third-order valence-corrected chi connectivity index (χ3v) is 2.75. The number of hydrogen-bond acceptors (Lipinski definition) is 2. The van der Waals surface area contributed by atoms with Gasteiger partial charge in [-0.05, 0) is 18.2 Å².